The van der Waals surface area contributed by atoms with Crippen molar-refractivity contribution < 1.29 is 18.9 Å². The third-order valence-corrected chi connectivity index (χ3v) is 6.25. The lowest BCUT2D eigenvalue weighted by Crippen LogP contribution is -2.12. The van der Waals surface area contributed by atoms with Crippen LogP contribution in [0.2, 0.25) is 0 Å². The maximum atomic E-state index is 5.63. The smallest absolute Gasteiger partial charge is 0.206 e. The molecule has 0 N–H and O–H groups in total. The van der Waals surface area contributed by atoms with Crippen LogP contribution in [0.1, 0.15) is 12.5 Å². The lowest BCUT2D eigenvalue weighted by molar-refractivity contribution is 0.324. The Balaban J connectivity index is 1.91. The van der Waals surface area contributed by atoms with Gasteiger partial charge in [0, 0.05) is 23.1 Å². The standard InChI is InChI=1S/C26H27N3O4S/c1-6-27-26-29(28-15-20-19-10-8-7-9-17(19)11-12-22(20)30-2)21(16-34-26)18-13-23(31-3)25(33-5)24(14-18)32-4/h7-16H,6H2,1-5H3. The van der Waals surface area contributed by atoms with Crippen molar-refractivity contribution in [1.29, 1.82) is 0 Å². The number of hydrogen-bond acceptors (Lipinski definition) is 7. The van der Waals surface area contributed by atoms with Crippen LogP contribution in [0.5, 0.6) is 23.0 Å². The van der Waals surface area contributed by atoms with Crippen molar-refractivity contribution in [3.05, 3.63) is 64.3 Å². The highest BCUT2D eigenvalue weighted by Crippen LogP contribution is 2.41. The molecule has 4 rings (SSSR count). The molecule has 0 unspecified atom stereocenters. The zero-order valence-corrected chi connectivity index (χ0v) is 20.7. The van der Waals surface area contributed by atoms with Crippen LogP contribution in [0.15, 0.2) is 64.0 Å². The van der Waals surface area contributed by atoms with Gasteiger partial charge in [0.15, 0.2) is 11.5 Å². The number of fused-ring (bicyclic) bond motifs is 1. The van der Waals surface area contributed by atoms with Crippen LogP contribution in [0.3, 0.4) is 0 Å². The summed E-state index contributed by atoms with van der Waals surface area (Å²) in [5, 5.41) is 9.05. The first kappa shape index (κ1) is 23.4. The molecular weight excluding hydrogens is 450 g/mol. The topological polar surface area (TPSA) is 66.6 Å². The Bertz CT molecular complexity index is 1380. The van der Waals surface area contributed by atoms with E-state index in [4.69, 9.17) is 24.0 Å². The average Bonchev–Trinajstić information content (AvgIpc) is 3.28. The van der Waals surface area contributed by atoms with Gasteiger partial charge in [-0.05, 0) is 35.9 Å². The van der Waals surface area contributed by atoms with E-state index in [1.807, 2.05) is 59.6 Å². The van der Waals surface area contributed by atoms with E-state index in [1.54, 1.807) is 28.4 Å². The summed E-state index contributed by atoms with van der Waals surface area (Å²) in [6, 6.07) is 16.0. The monoisotopic (exact) mass is 477 g/mol. The van der Waals surface area contributed by atoms with E-state index in [0.29, 0.717) is 23.8 Å². The predicted molar refractivity (Wildman–Crippen MR) is 137 cm³/mol. The predicted octanol–water partition coefficient (Wildman–Crippen LogP) is 5.21. The Labute approximate surface area is 202 Å². The highest BCUT2D eigenvalue weighted by molar-refractivity contribution is 7.07. The molecule has 176 valence electrons. The number of thiazole rings is 1. The van der Waals surface area contributed by atoms with Crippen LogP contribution in [0, 0.1) is 0 Å². The van der Waals surface area contributed by atoms with Gasteiger partial charge in [-0.1, -0.05) is 30.3 Å². The number of methoxy groups -OCH3 is 4. The normalized spacial score (nSPS) is 11.9. The minimum Gasteiger partial charge on any atom is -0.496 e. The lowest BCUT2D eigenvalue weighted by Gasteiger charge is -2.14. The van der Waals surface area contributed by atoms with Crippen LogP contribution in [0.25, 0.3) is 22.0 Å². The molecule has 0 aliphatic rings. The van der Waals surface area contributed by atoms with Gasteiger partial charge in [0.2, 0.25) is 10.6 Å². The molecule has 0 radical (unpaired) electrons. The minimum absolute atomic E-state index is 0.540. The fourth-order valence-electron chi connectivity index (χ4n) is 3.78. The summed E-state index contributed by atoms with van der Waals surface area (Å²) in [6.07, 6.45) is 1.82. The molecule has 8 heteroatoms. The first-order valence-corrected chi connectivity index (χ1v) is 11.6. The van der Waals surface area contributed by atoms with Gasteiger partial charge in [0.05, 0.1) is 40.3 Å². The summed E-state index contributed by atoms with van der Waals surface area (Å²) < 4.78 is 24.0. The molecular formula is C26H27N3O4S. The van der Waals surface area contributed by atoms with Crippen molar-refractivity contribution in [3.63, 3.8) is 0 Å². The second kappa shape index (κ2) is 10.4. The Hall–Kier alpha value is -3.78. The molecule has 1 heterocycles. The van der Waals surface area contributed by atoms with Crippen LogP contribution >= 0.6 is 11.3 Å². The van der Waals surface area contributed by atoms with Crippen LogP contribution in [-0.2, 0) is 0 Å². The van der Waals surface area contributed by atoms with Gasteiger partial charge in [-0.2, -0.15) is 5.10 Å². The van der Waals surface area contributed by atoms with Crippen molar-refractivity contribution in [2.75, 3.05) is 35.0 Å². The molecule has 3 aromatic carbocycles. The number of nitrogens with zero attached hydrogens (tertiary/aromatic N) is 3. The first-order valence-electron chi connectivity index (χ1n) is 10.8. The van der Waals surface area contributed by atoms with E-state index in [9.17, 15) is 0 Å². The molecule has 0 fully saturated rings. The van der Waals surface area contributed by atoms with Crippen LogP contribution in [0.4, 0.5) is 0 Å². The van der Waals surface area contributed by atoms with Gasteiger partial charge in [0.25, 0.3) is 0 Å². The SMILES string of the molecule is CCN=c1scc(-c2cc(OC)c(OC)c(OC)c2)n1N=Cc1c(OC)ccc2ccccc12. The molecule has 7 nitrogen and oxygen atoms in total. The van der Waals surface area contributed by atoms with E-state index >= 15 is 0 Å². The van der Waals surface area contributed by atoms with E-state index in [0.717, 1.165) is 38.1 Å². The molecule has 0 aliphatic heterocycles. The van der Waals surface area contributed by atoms with Crippen molar-refractivity contribution >= 4 is 28.3 Å². The Morgan fingerprint density at radius 2 is 1.59 bits per heavy atom. The third kappa shape index (κ3) is 4.36. The Morgan fingerprint density at radius 3 is 2.24 bits per heavy atom. The summed E-state index contributed by atoms with van der Waals surface area (Å²) in [4.78, 5) is 5.42. The van der Waals surface area contributed by atoms with Crippen molar-refractivity contribution in [1.82, 2.24) is 4.68 Å². The summed E-state index contributed by atoms with van der Waals surface area (Å²) >= 11 is 1.52. The van der Waals surface area contributed by atoms with Gasteiger partial charge in [-0.25, -0.2) is 4.68 Å². The maximum absolute atomic E-state index is 5.63. The zero-order chi connectivity index (χ0) is 24.1. The van der Waals surface area contributed by atoms with Gasteiger partial charge in [0.1, 0.15) is 5.75 Å². The second-order valence-corrected chi connectivity index (χ2v) is 8.09. The molecule has 0 bridgehead atoms. The average molecular weight is 478 g/mol. The van der Waals surface area contributed by atoms with Crippen molar-refractivity contribution in [3.8, 4) is 34.3 Å². The number of aromatic nitrogens is 1. The van der Waals surface area contributed by atoms with Crippen LogP contribution in [-0.4, -0.2) is 45.9 Å². The molecule has 1 aromatic heterocycles. The summed E-state index contributed by atoms with van der Waals surface area (Å²) in [6.45, 7) is 2.64. The number of hydrogen-bond donors (Lipinski definition) is 0. The summed E-state index contributed by atoms with van der Waals surface area (Å²) in [7, 11) is 6.46. The minimum atomic E-state index is 0.540. The zero-order valence-electron chi connectivity index (χ0n) is 19.9. The number of ether oxygens (including phenoxy) is 4. The molecule has 0 atom stereocenters. The Morgan fingerprint density at radius 1 is 0.882 bits per heavy atom. The molecule has 34 heavy (non-hydrogen) atoms. The molecule has 4 aromatic rings. The quantitative estimate of drug-likeness (QED) is 0.327. The van der Waals surface area contributed by atoms with Gasteiger partial charge in [-0.3, -0.25) is 4.99 Å². The van der Waals surface area contributed by atoms with E-state index in [1.165, 1.54) is 11.3 Å². The first-order chi connectivity index (χ1) is 16.6. The molecule has 0 saturated heterocycles. The maximum Gasteiger partial charge on any atom is 0.206 e. The van der Waals surface area contributed by atoms with Crippen molar-refractivity contribution in [2.45, 2.75) is 6.92 Å². The highest BCUT2D eigenvalue weighted by atomic mass is 32.1. The Kier molecular flexibility index (Phi) is 7.18. The summed E-state index contributed by atoms with van der Waals surface area (Å²) in [5.74, 6) is 2.44. The van der Waals surface area contributed by atoms with Crippen LogP contribution < -0.4 is 23.7 Å². The van der Waals surface area contributed by atoms with E-state index in [2.05, 4.69) is 17.1 Å². The third-order valence-electron chi connectivity index (χ3n) is 5.39. The second-order valence-electron chi connectivity index (χ2n) is 7.25. The summed E-state index contributed by atoms with van der Waals surface area (Å²) in [5.41, 5.74) is 2.62. The number of rotatable bonds is 8. The fraction of sp³-hybridized carbons (Fsp3) is 0.231. The molecule has 0 spiro atoms. The highest BCUT2D eigenvalue weighted by Gasteiger charge is 2.17. The molecule has 0 aliphatic carbocycles. The van der Waals surface area contributed by atoms with Gasteiger partial charge >= 0.3 is 0 Å². The van der Waals surface area contributed by atoms with Crippen molar-refractivity contribution in [2.24, 2.45) is 10.1 Å². The fourth-order valence-corrected chi connectivity index (χ4v) is 4.69. The molecule has 0 saturated carbocycles. The largest absolute Gasteiger partial charge is 0.496 e. The van der Waals surface area contributed by atoms with Gasteiger partial charge < -0.3 is 18.9 Å². The van der Waals surface area contributed by atoms with E-state index in [-0.39, 0.29) is 0 Å². The number of benzene rings is 3. The van der Waals surface area contributed by atoms with Gasteiger partial charge in [-0.15, -0.1) is 11.3 Å². The molecule has 0 amide bonds. The van der Waals surface area contributed by atoms with E-state index < -0.39 is 0 Å². The lowest BCUT2D eigenvalue weighted by atomic mass is 10.0.